The van der Waals surface area contributed by atoms with Crippen LogP contribution < -0.4 is 4.72 Å². The second-order valence-corrected chi connectivity index (χ2v) is 5.33. The number of hydrogen-bond acceptors (Lipinski definition) is 2. The van der Waals surface area contributed by atoms with Crippen molar-refractivity contribution in [3.63, 3.8) is 0 Å². The molecule has 0 aromatic rings. The first kappa shape index (κ1) is 10.9. The minimum Gasteiger partial charge on any atom is -0.202 e. The zero-order valence-electron chi connectivity index (χ0n) is 8.45. The van der Waals surface area contributed by atoms with E-state index in [9.17, 15) is 8.42 Å². The Hall–Kier alpha value is -0.130. The van der Waals surface area contributed by atoms with Crippen LogP contribution in [0.25, 0.3) is 0 Å². The molecule has 2 atom stereocenters. The maximum absolute atomic E-state index is 11.6. The summed E-state index contributed by atoms with van der Waals surface area (Å²) in [5.41, 5.74) is 0. The lowest BCUT2D eigenvalue weighted by molar-refractivity contribution is 0.366. The lowest BCUT2D eigenvalue weighted by atomic mass is 10.1. The van der Waals surface area contributed by atoms with Gasteiger partial charge >= 0.3 is 0 Å². The number of rotatable bonds is 3. The van der Waals surface area contributed by atoms with Gasteiger partial charge in [-0.1, -0.05) is 13.8 Å². The normalized spacial score (nSPS) is 31.0. The molecule has 0 aromatic heterocycles. The molecule has 0 amide bonds. The second kappa shape index (κ2) is 3.94. The van der Waals surface area contributed by atoms with Gasteiger partial charge in [0.25, 0.3) is 10.2 Å². The van der Waals surface area contributed by atoms with Gasteiger partial charge in [-0.05, 0) is 19.3 Å². The molecule has 13 heavy (non-hydrogen) atoms. The fourth-order valence-electron chi connectivity index (χ4n) is 1.66. The van der Waals surface area contributed by atoms with Crippen molar-refractivity contribution < 1.29 is 8.42 Å². The predicted octanol–water partition coefficient (Wildman–Crippen LogP) is 0.571. The van der Waals surface area contributed by atoms with Crippen molar-refractivity contribution in [2.75, 3.05) is 13.1 Å². The topological polar surface area (TPSA) is 49.4 Å². The third-order valence-corrected chi connectivity index (χ3v) is 4.50. The third-order valence-electron chi connectivity index (χ3n) is 2.72. The zero-order valence-corrected chi connectivity index (χ0v) is 9.26. The third kappa shape index (κ3) is 2.21. The molecule has 1 heterocycles. The largest absolute Gasteiger partial charge is 0.279 e. The highest BCUT2D eigenvalue weighted by atomic mass is 32.2. The molecule has 0 spiro atoms. The first-order valence-corrected chi connectivity index (χ1v) is 6.19. The van der Waals surface area contributed by atoms with Gasteiger partial charge in [0.2, 0.25) is 0 Å². The van der Waals surface area contributed by atoms with Gasteiger partial charge in [-0.3, -0.25) is 0 Å². The van der Waals surface area contributed by atoms with E-state index in [1.165, 1.54) is 0 Å². The van der Waals surface area contributed by atoms with Crippen LogP contribution >= 0.6 is 0 Å². The Balaban J connectivity index is 2.73. The van der Waals surface area contributed by atoms with Crippen LogP contribution in [0, 0.1) is 5.92 Å². The highest BCUT2D eigenvalue weighted by molar-refractivity contribution is 7.87. The molecular formula is C8H18N2O2S. The summed E-state index contributed by atoms with van der Waals surface area (Å²) in [6.07, 6.45) is 0.964. The monoisotopic (exact) mass is 206 g/mol. The van der Waals surface area contributed by atoms with Crippen molar-refractivity contribution in [3.05, 3.63) is 0 Å². The van der Waals surface area contributed by atoms with Crippen LogP contribution in [0.2, 0.25) is 0 Å². The summed E-state index contributed by atoms with van der Waals surface area (Å²) < 4.78 is 27.3. The van der Waals surface area contributed by atoms with Crippen molar-refractivity contribution in [2.24, 2.45) is 5.92 Å². The van der Waals surface area contributed by atoms with E-state index in [1.54, 1.807) is 11.2 Å². The molecule has 0 radical (unpaired) electrons. The van der Waals surface area contributed by atoms with Gasteiger partial charge in [0.1, 0.15) is 0 Å². The Bertz CT molecular complexity index is 263. The van der Waals surface area contributed by atoms with E-state index >= 15 is 0 Å². The van der Waals surface area contributed by atoms with Crippen LogP contribution in [-0.2, 0) is 10.2 Å². The van der Waals surface area contributed by atoms with E-state index in [2.05, 4.69) is 11.6 Å². The summed E-state index contributed by atoms with van der Waals surface area (Å²) in [4.78, 5) is 0. The molecule has 5 heteroatoms. The molecule has 1 fully saturated rings. The molecule has 4 nitrogen and oxygen atoms in total. The molecule has 0 aliphatic carbocycles. The molecule has 0 bridgehead atoms. The lowest BCUT2D eigenvalue weighted by Crippen LogP contribution is -2.43. The first-order chi connectivity index (χ1) is 5.99. The van der Waals surface area contributed by atoms with Crippen LogP contribution in [0.1, 0.15) is 27.2 Å². The standard InChI is InChI=1S/C8H18N2O2S/c1-4-9-13(11,12)10-6-5-7(2)8(10)3/h7-9H,4-6H2,1-3H3. The van der Waals surface area contributed by atoms with Crippen LogP contribution in [-0.4, -0.2) is 31.9 Å². The van der Waals surface area contributed by atoms with Crippen molar-refractivity contribution in [3.8, 4) is 0 Å². The van der Waals surface area contributed by atoms with Crippen molar-refractivity contribution in [1.82, 2.24) is 9.03 Å². The van der Waals surface area contributed by atoms with Gasteiger partial charge in [-0.2, -0.15) is 12.7 Å². The molecule has 1 aliphatic rings. The SMILES string of the molecule is CCNS(=O)(=O)N1CCC(C)C1C. The molecule has 78 valence electrons. The van der Waals surface area contributed by atoms with Crippen molar-refractivity contribution in [2.45, 2.75) is 33.2 Å². The molecular weight excluding hydrogens is 188 g/mol. The summed E-state index contributed by atoms with van der Waals surface area (Å²) in [7, 11) is -3.21. The highest BCUT2D eigenvalue weighted by Gasteiger charge is 2.35. The molecule has 1 rings (SSSR count). The fraction of sp³-hybridized carbons (Fsp3) is 1.00. The number of nitrogens with one attached hydrogen (secondary N) is 1. The maximum atomic E-state index is 11.6. The molecule has 0 aromatic carbocycles. The van der Waals surface area contributed by atoms with Gasteiger partial charge in [0.05, 0.1) is 0 Å². The minimum absolute atomic E-state index is 0.129. The first-order valence-electron chi connectivity index (χ1n) is 4.75. The average Bonchev–Trinajstić information content (AvgIpc) is 2.33. The fourth-order valence-corrected chi connectivity index (χ4v) is 3.19. The summed E-state index contributed by atoms with van der Waals surface area (Å²) in [5, 5.41) is 0. The van der Waals surface area contributed by atoms with Gasteiger partial charge in [0.15, 0.2) is 0 Å². The predicted molar refractivity (Wildman–Crippen MR) is 52.5 cm³/mol. The average molecular weight is 206 g/mol. The Kier molecular flexibility index (Phi) is 3.32. The Labute approximate surface area is 80.5 Å². The van der Waals surface area contributed by atoms with E-state index in [-0.39, 0.29) is 6.04 Å². The van der Waals surface area contributed by atoms with E-state index in [0.717, 1.165) is 6.42 Å². The van der Waals surface area contributed by atoms with Crippen molar-refractivity contribution >= 4 is 10.2 Å². The van der Waals surface area contributed by atoms with Crippen LogP contribution in [0.5, 0.6) is 0 Å². The summed E-state index contributed by atoms with van der Waals surface area (Å²) in [6, 6.07) is 0.129. The van der Waals surface area contributed by atoms with Crippen LogP contribution in [0.3, 0.4) is 0 Å². The Morgan fingerprint density at radius 1 is 1.46 bits per heavy atom. The molecule has 2 unspecified atom stereocenters. The van der Waals surface area contributed by atoms with E-state index < -0.39 is 10.2 Å². The Morgan fingerprint density at radius 2 is 2.08 bits per heavy atom. The molecule has 1 N–H and O–H groups in total. The second-order valence-electron chi connectivity index (χ2n) is 3.62. The van der Waals surface area contributed by atoms with E-state index in [4.69, 9.17) is 0 Å². The lowest BCUT2D eigenvalue weighted by Gasteiger charge is -2.22. The van der Waals surface area contributed by atoms with Gasteiger partial charge in [0, 0.05) is 19.1 Å². The quantitative estimate of drug-likeness (QED) is 0.734. The smallest absolute Gasteiger partial charge is 0.202 e. The Morgan fingerprint density at radius 3 is 2.46 bits per heavy atom. The summed E-state index contributed by atoms with van der Waals surface area (Å²) >= 11 is 0. The number of hydrogen-bond donors (Lipinski definition) is 1. The zero-order chi connectivity index (χ0) is 10.1. The van der Waals surface area contributed by atoms with E-state index in [1.807, 2.05) is 6.92 Å². The van der Waals surface area contributed by atoms with Crippen LogP contribution in [0.4, 0.5) is 0 Å². The molecule has 0 saturated carbocycles. The number of nitrogens with zero attached hydrogens (tertiary/aromatic N) is 1. The summed E-state index contributed by atoms with van der Waals surface area (Å²) in [5.74, 6) is 0.466. The van der Waals surface area contributed by atoms with Gasteiger partial charge in [-0.25, -0.2) is 4.72 Å². The van der Waals surface area contributed by atoms with E-state index in [0.29, 0.717) is 19.0 Å². The minimum atomic E-state index is -3.21. The summed E-state index contributed by atoms with van der Waals surface area (Å²) in [6.45, 7) is 6.96. The molecule has 1 aliphatic heterocycles. The van der Waals surface area contributed by atoms with Gasteiger partial charge in [-0.15, -0.1) is 0 Å². The van der Waals surface area contributed by atoms with Gasteiger partial charge < -0.3 is 0 Å². The highest BCUT2D eigenvalue weighted by Crippen LogP contribution is 2.25. The van der Waals surface area contributed by atoms with Crippen LogP contribution in [0.15, 0.2) is 0 Å². The molecule has 1 saturated heterocycles. The maximum Gasteiger partial charge on any atom is 0.279 e. The van der Waals surface area contributed by atoms with Crippen molar-refractivity contribution in [1.29, 1.82) is 0 Å².